The van der Waals surface area contributed by atoms with Gasteiger partial charge in [-0.05, 0) is 30.5 Å². The highest BCUT2D eigenvalue weighted by atomic mass is 16.5. The van der Waals surface area contributed by atoms with Gasteiger partial charge in [-0.3, -0.25) is 4.79 Å². The molecule has 0 radical (unpaired) electrons. The second-order valence-electron chi connectivity index (χ2n) is 5.56. The molecule has 0 bridgehead atoms. The van der Waals surface area contributed by atoms with Crippen LogP contribution in [0.4, 0.5) is 11.6 Å². The first-order valence-corrected chi connectivity index (χ1v) is 7.61. The number of ether oxygens (including phenoxy) is 1. The number of nitrogens with zero attached hydrogens (tertiary/aromatic N) is 2. The van der Waals surface area contributed by atoms with Gasteiger partial charge in [-0.2, -0.15) is 0 Å². The molecule has 2 N–H and O–H groups in total. The van der Waals surface area contributed by atoms with Crippen LogP contribution in [0.5, 0.6) is 5.75 Å². The van der Waals surface area contributed by atoms with E-state index in [2.05, 4.69) is 34.4 Å². The number of methoxy groups -OCH3 is 1. The summed E-state index contributed by atoms with van der Waals surface area (Å²) in [7, 11) is 1.61. The largest absolute Gasteiger partial charge is 0.497 e. The summed E-state index contributed by atoms with van der Waals surface area (Å²) < 4.78 is 5.17. The molecule has 23 heavy (non-hydrogen) atoms. The van der Waals surface area contributed by atoms with Gasteiger partial charge < -0.3 is 15.4 Å². The van der Waals surface area contributed by atoms with Gasteiger partial charge in [0.2, 0.25) is 5.95 Å². The van der Waals surface area contributed by atoms with Crippen molar-refractivity contribution in [1.82, 2.24) is 15.3 Å². The minimum Gasteiger partial charge on any atom is -0.497 e. The fraction of sp³-hybridized carbons (Fsp3) is 0.353. The highest BCUT2D eigenvalue weighted by Gasteiger charge is 2.09. The average Bonchev–Trinajstić information content (AvgIpc) is 2.55. The Morgan fingerprint density at radius 1 is 1.30 bits per heavy atom. The van der Waals surface area contributed by atoms with E-state index in [1.165, 1.54) is 0 Å². The van der Waals surface area contributed by atoms with E-state index in [0.717, 1.165) is 17.9 Å². The molecular formula is C17H22N4O2. The zero-order valence-corrected chi connectivity index (χ0v) is 13.7. The third-order valence-electron chi connectivity index (χ3n) is 3.22. The van der Waals surface area contributed by atoms with Gasteiger partial charge in [-0.25, -0.2) is 9.97 Å². The molecule has 122 valence electrons. The molecule has 6 nitrogen and oxygen atoms in total. The van der Waals surface area contributed by atoms with Crippen molar-refractivity contribution in [3.05, 3.63) is 42.2 Å². The lowest BCUT2D eigenvalue weighted by molar-refractivity contribution is 0.0947. The molecule has 2 aromatic rings. The summed E-state index contributed by atoms with van der Waals surface area (Å²) in [6.07, 6.45) is 2.50. The zero-order chi connectivity index (χ0) is 16.7. The number of aromatic nitrogens is 2. The quantitative estimate of drug-likeness (QED) is 0.821. The highest BCUT2D eigenvalue weighted by molar-refractivity contribution is 5.92. The Bertz CT molecular complexity index is 659. The van der Waals surface area contributed by atoms with Crippen molar-refractivity contribution in [3.63, 3.8) is 0 Å². The van der Waals surface area contributed by atoms with Gasteiger partial charge in [0.1, 0.15) is 11.4 Å². The Kier molecular flexibility index (Phi) is 5.91. The molecular weight excluding hydrogens is 292 g/mol. The Balaban J connectivity index is 2.02. The number of nitrogens with one attached hydrogen (secondary N) is 2. The fourth-order valence-electron chi connectivity index (χ4n) is 1.94. The van der Waals surface area contributed by atoms with Crippen LogP contribution in [0.15, 0.2) is 36.5 Å². The first kappa shape index (κ1) is 16.7. The minimum atomic E-state index is -0.193. The maximum Gasteiger partial charge on any atom is 0.270 e. The predicted molar refractivity (Wildman–Crippen MR) is 90.1 cm³/mol. The van der Waals surface area contributed by atoms with Crippen LogP contribution in [-0.4, -0.2) is 29.5 Å². The molecule has 0 unspecified atom stereocenters. The zero-order valence-electron chi connectivity index (χ0n) is 13.7. The lowest BCUT2D eigenvalue weighted by Gasteiger charge is -2.09. The molecule has 0 aliphatic heterocycles. The van der Waals surface area contributed by atoms with Gasteiger partial charge in [-0.1, -0.05) is 19.9 Å². The summed E-state index contributed by atoms with van der Waals surface area (Å²) in [6.45, 7) is 4.87. The third-order valence-corrected chi connectivity index (χ3v) is 3.22. The number of anilines is 2. The van der Waals surface area contributed by atoms with Crippen LogP contribution < -0.4 is 15.4 Å². The van der Waals surface area contributed by atoms with E-state index in [9.17, 15) is 4.79 Å². The maximum absolute atomic E-state index is 12.1. The van der Waals surface area contributed by atoms with E-state index >= 15 is 0 Å². The third kappa shape index (κ3) is 5.25. The van der Waals surface area contributed by atoms with Crippen LogP contribution in [-0.2, 0) is 0 Å². The van der Waals surface area contributed by atoms with Crippen molar-refractivity contribution < 1.29 is 9.53 Å². The molecule has 2 rings (SSSR count). The van der Waals surface area contributed by atoms with Crippen molar-refractivity contribution in [2.75, 3.05) is 19.0 Å². The standard InChI is InChI=1S/C17H22N4O2/c1-12(2)7-9-18-16(22)15-8-10-19-17(21-15)20-13-5-4-6-14(11-13)23-3/h4-6,8,10-12H,7,9H2,1-3H3,(H,18,22)(H,19,20,21). The number of benzene rings is 1. The second-order valence-corrected chi connectivity index (χ2v) is 5.56. The molecule has 0 saturated carbocycles. The van der Waals surface area contributed by atoms with E-state index in [0.29, 0.717) is 24.1 Å². The molecule has 0 aliphatic carbocycles. The number of hydrogen-bond donors (Lipinski definition) is 2. The van der Waals surface area contributed by atoms with Gasteiger partial charge in [0, 0.05) is 24.5 Å². The predicted octanol–water partition coefficient (Wildman–Crippen LogP) is 3.00. The van der Waals surface area contributed by atoms with E-state index < -0.39 is 0 Å². The molecule has 1 aromatic heterocycles. The average molecular weight is 314 g/mol. The monoisotopic (exact) mass is 314 g/mol. The summed E-state index contributed by atoms with van der Waals surface area (Å²) in [5, 5.41) is 5.93. The molecule has 0 atom stereocenters. The van der Waals surface area contributed by atoms with Gasteiger partial charge in [0.05, 0.1) is 7.11 Å². The fourth-order valence-corrected chi connectivity index (χ4v) is 1.94. The van der Waals surface area contributed by atoms with E-state index in [1.54, 1.807) is 19.4 Å². The molecule has 1 amide bonds. The lowest BCUT2D eigenvalue weighted by Crippen LogP contribution is -2.26. The van der Waals surface area contributed by atoms with Crippen LogP contribution in [0.1, 0.15) is 30.8 Å². The van der Waals surface area contributed by atoms with Gasteiger partial charge in [0.25, 0.3) is 5.91 Å². The Hall–Kier alpha value is -2.63. The Morgan fingerprint density at radius 2 is 2.13 bits per heavy atom. The number of amides is 1. The van der Waals surface area contributed by atoms with Crippen LogP contribution >= 0.6 is 0 Å². The van der Waals surface area contributed by atoms with Crippen molar-refractivity contribution in [2.45, 2.75) is 20.3 Å². The molecule has 0 aliphatic rings. The van der Waals surface area contributed by atoms with Gasteiger partial charge >= 0.3 is 0 Å². The molecule has 1 aromatic carbocycles. The summed E-state index contributed by atoms with van der Waals surface area (Å²) in [4.78, 5) is 20.5. The second kappa shape index (κ2) is 8.12. The minimum absolute atomic E-state index is 0.193. The Labute approximate surface area is 136 Å². The topological polar surface area (TPSA) is 76.1 Å². The summed E-state index contributed by atoms with van der Waals surface area (Å²) in [5.41, 5.74) is 1.14. The lowest BCUT2D eigenvalue weighted by atomic mass is 10.1. The van der Waals surface area contributed by atoms with Gasteiger partial charge in [0.15, 0.2) is 0 Å². The van der Waals surface area contributed by atoms with Crippen molar-refractivity contribution >= 4 is 17.5 Å². The van der Waals surface area contributed by atoms with E-state index in [-0.39, 0.29) is 5.91 Å². The van der Waals surface area contributed by atoms with Crippen molar-refractivity contribution in [3.8, 4) is 5.75 Å². The maximum atomic E-state index is 12.1. The van der Waals surface area contributed by atoms with Gasteiger partial charge in [-0.15, -0.1) is 0 Å². The van der Waals surface area contributed by atoms with Crippen LogP contribution in [0.3, 0.4) is 0 Å². The molecule has 6 heteroatoms. The van der Waals surface area contributed by atoms with E-state index in [4.69, 9.17) is 4.74 Å². The number of rotatable bonds is 7. The van der Waals surface area contributed by atoms with Crippen molar-refractivity contribution in [2.24, 2.45) is 5.92 Å². The summed E-state index contributed by atoms with van der Waals surface area (Å²) >= 11 is 0. The molecule has 1 heterocycles. The van der Waals surface area contributed by atoms with E-state index in [1.807, 2.05) is 24.3 Å². The SMILES string of the molecule is COc1cccc(Nc2nccc(C(=O)NCCC(C)C)n2)c1. The summed E-state index contributed by atoms with van der Waals surface area (Å²) in [6, 6.07) is 9.02. The first-order valence-electron chi connectivity index (χ1n) is 7.61. The number of carbonyl (C=O) groups is 1. The smallest absolute Gasteiger partial charge is 0.270 e. The summed E-state index contributed by atoms with van der Waals surface area (Å²) in [5.74, 6) is 1.46. The molecule has 0 spiro atoms. The van der Waals surface area contributed by atoms with Crippen LogP contribution in [0.2, 0.25) is 0 Å². The van der Waals surface area contributed by atoms with Crippen LogP contribution in [0, 0.1) is 5.92 Å². The first-order chi connectivity index (χ1) is 11.1. The number of carbonyl (C=O) groups excluding carboxylic acids is 1. The van der Waals surface area contributed by atoms with Crippen molar-refractivity contribution in [1.29, 1.82) is 0 Å². The Morgan fingerprint density at radius 3 is 2.87 bits per heavy atom. The highest BCUT2D eigenvalue weighted by Crippen LogP contribution is 2.19. The normalized spacial score (nSPS) is 10.4. The molecule has 0 fully saturated rings. The number of hydrogen-bond acceptors (Lipinski definition) is 5. The molecule has 0 saturated heterocycles. The van der Waals surface area contributed by atoms with Crippen LogP contribution in [0.25, 0.3) is 0 Å².